The lowest BCUT2D eigenvalue weighted by Crippen LogP contribution is -2.42. The summed E-state index contributed by atoms with van der Waals surface area (Å²) in [6.45, 7) is 6.33. The summed E-state index contributed by atoms with van der Waals surface area (Å²) in [5, 5.41) is 2.22. The first-order valence-electron chi connectivity index (χ1n) is 6.19. The molecule has 0 aromatic heterocycles. The van der Waals surface area contributed by atoms with Gasteiger partial charge in [0.15, 0.2) is 17.5 Å². The Labute approximate surface area is 120 Å². The maximum atomic E-state index is 13.0. The Morgan fingerprint density at radius 2 is 1.62 bits per heavy atom. The molecule has 1 aromatic carbocycles. The van der Waals surface area contributed by atoms with E-state index in [4.69, 9.17) is 4.74 Å². The molecular formula is C14H16F3NO3. The Kier molecular flexibility index (Phi) is 4.98. The number of nitrogens with one attached hydrogen (secondary N) is 1. The van der Waals surface area contributed by atoms with Crippen LogP contribution in [0.1, 0.15) is 38.1 Å². The Bertz CT molecular complexity index is 544. The van der Waals surface area contributed by atoms with Gasteiger partial charge in [0.2, 0.25) is 0 Å². The monoisotopic (exact) mass is 303 g/mol. The molecule has 0 aliphatic heterocycles. The van der Waals surface area contributed by atoms with Crippen molar-refractivity contribution in [3.05, 3.63) is 35.1 Å². The number of benzene rings is 1. The minimum atomic E-state index is -1.66. The van der Waals surface area contributed by atoms with Crippen LogP contribution in [-0.4, -0.2) is 23.5 Å². The van der Waals surface area contributed by atoms with Gasteiger partial charge in [-0.05, 0) is 39.8 Å². The van der Waals surface area contributed by atoms with Crippen molar-refractivity contribution in [2.24, 2.45) is 0 Å². The van der Waals surface area contributed by atoms with Crippen LogP contribution < -0.4 is 5.32 Å². The summed E-state index contributed by atoms with van der Waals surface area (Å²) < 4.78 is 43.9. The molecule has 0 saturated heterocycles. The van der Waals surface area contributed by atoms with E-state index in [0.717, 1.165) is 0 Å². The lowest BCUT2D eigenvalue weighted by atomic mass is 10.1. The van der Waals surface area contributed by atoms with Crippen molar-refractivity contribution in [3.8, 4) is 0 Å². The topological polar surface area (TPSA) is 55.4 Å². The highest BCUT2D eigenvalue weighted by molar-refractivity contribution is 5.96. The maximum absolute atomic E-state index is 13.0. The van der Waals surface area contributed by atoms with E-state index in [9.17, 15) is 22.8 Å². The van der Waals surface area contributed by atoms with Crippen LogP contribution in [0.5, 0.6) is 0 Å². The SMILES string of the molecule is C[C@H](NC(=O)c1cc(F)c(F)c(F)c1)C(=O)OC(C)(C)C. The quantitative estimate of drug-likeness (QED) is 0.689. The van der Waals surface area contributed by atoms with Gasteiger partial charge >= 0.3 is 5.97 Å². The van der Waals surface area contributed by atoms with Crippen molar-refractivity contribution in [2.75, 3.05) is 0 Å². The minimum Gasteiger partial charge on any atom is -0.458 e. The second kappa shape index (κ2) is 6.15. The van der Waals surface area contributed by atoms with Gasteiger partial charge in [0, 0.05) is 5.56 Å². The van der Waals surface area contributed by atoms with Crippen LogP contribution in [0.3, 0.4) is 0 Å². The Morgan fingerprint density at radius 3 is 2.05 bits per heavy atom. The molecule has 1 atom stereocenters. The van der Waals surface area contributed by atoms with Crippen molar-refractivity contribution in [1.29, 1.82) is 0 Å². The van der Waals surface area contributed by atoms with Gasteiger partial charge in [-0.15, -0.1) is 0 Å². The van der Waals surface area contributed by atoms with E-state index in [1.54, 1.807) is 20.8 Å². The smallest absolute Gasteiger partial charge is 0.328 e. The highest BCUT2D eigenvalue weighted by atomic mass is 19.2. The molecule has 1 rings (SSSR count). The largest absolute Gasteiger partial charge is 0.458 e. The molecule has 0 fully saturated rings. The van der Waals surface area contributed by atoms with Crippen LogP contribution >= 0.6 is 0 Å². The van der Waals surface area contributed by atoms with Crippen LogP contribution in [0.15, 0.2) is 12.1 Å². The van der Waals surface area contributed by atoms with E-state index in [2.05, 4.69) is 5.32 Å². The van der Waals surface area contributed by atoms with Gasteiger partial charge in [0.05, 0.1) is 0 Å². The Morgan fingerprint density at radius 1 is 1.14 bits per heavy atom. The molecule has 1 N–H and O–H groups in total. The normalized spacial score (nSPS) is 12.7. The number of halogens is 3. The first-order chi connectivity index (χ1) is 9.51. The van der Waals surface area contributed by atoms with Crippen molar-refractivity contribution in [2.45, 2.75) is 39.3 Å². The number of hydrogen-bond acceptors (Lipinski definition) is 3. The third-order valence-electron chi connectivity index (χ3n) is 2.35. The predicted molar refractivity (Wildman–Crippen MR) is 69.1 cm³/mol. The summed E-state index contributed by atoms with van der Waals surface area (Å²) in [6.07, 6.45) is 0. The molecule has 0 aliphatic carbocycles. The van der Waals surface area contributed by atoms with Crippen LogP contribution in [-0.2, 0) is 9.53 Å². The number of hydrogen-bond donors (Lipinski definition) is 1. The summed E-state index contributed by atoms with van der Waals surface area (Å²) in [7, 11) is 0. The molecule has 0 spiro atoms. The molecule has 1 aromatic rings. The van der Waals surface area contributed by atoms with E-state index < -0.39 is 46.5 Å². The number of rotatable bonds is 3. The molecule has 1 amide bonds. The number of ether oxygens (including phenoxy) is 1. The van der Waals surface area contributed by atoms with Crippen molar-refractivity contribution in [3.63, 3.8) is 0 Å². The average molecular weight is 303 g/mol. The van der Waals surface area contributed by atoms with Gasteiger partial charge < -0.3 is 10.1 Å². The van der Waals surface area contributed by atoms with Gasteiger partial charge in [0.1, 0.15) is 11.6 Å². The van der Waals surface area contributed by atoms with E-state index in [1.807, 2.05) is 0 Å². The minimum absolute atomic E-state index is 0.429. The van der Waals surface area contributed by atoms with Crippen LogP contribution in [0.25, 0.3) is 0 Å². The van der Waals surface area contributed by atoms with Crippen LogP contribution in [0, 0.1) is 17.5 Å². The molecule has 0 heterocycles. The summed E-state index contributed by atoms with van der Waals surface area (Å²) in [5.74, 6) is -6.23. The van der Waals surface area contributed by atoms with E-state index in [0.29, 0.717) is 12.1 Å². The summed E-state index contributed by atoms with van der Waals surface area (Å²) >= 11 is 0. The predicted octanol–water partition coefficient (Wildman–Crippen LogP) is 2.56. The van der Waals surface area contributed by atoms with Gasteiger partial charge in [-0.1, -0.05) is 0 Å². The molecule has 0 saturated carbocycles. The first kappa shape index (κ1) is 17.0. The summed E-state index contributed by atoms with van der Waals surface area (Å²) in [6, 6.07) is 0.0818. The summed E-state index contributed by atoms with van der Waals surface area (Å²) in [4.78, 5) is 23.4. The zero-order chi connectivity index (χ0) is 16.4. The van der Waals surface area contributed by atoms with Crippen molar-refractivity contribution in [1.82, 2.24) is 5.32 Å². The molecule has 0 bridgehead atoms. The molecular weight excluding hydrogens is 287 g/mol. The van der Waals surface area contributed by atoms with E-state index >= 15 is 0 Å². The summed E-state index contributed by atoms with van der Waals surface area (Å²) in [5.41, 5.74) is -1.16. The fourth-order valence-electron chi connectivity index (χ4n) is 1.42. The molecule has 4 nitrogen and oxygen atoms in total. The van der Waals surface area contributed by atoms with Crippen LogP contribution in [0.4, 0.5) is 13.2 Å². The molecule has 0 aliphatic rings. The fraction of sp³-hybridized carbons (Fsp3) is 0.429. The van der Waals surface area contributed by atoms with Gasteiger partial charge in [0.25, 0.3) is 5.91 Å². The molecule has 0 radical (unpaired) electrons. The molecule has 7 heteroatoms. The average Bonchev–Trinajstić information content (AvgIpc) is 2.32. The van der Waals surface area contributed by atoms with Crippen molar-refractivity contribution >= 4 is 11.9 Å². The first-order valence-corrected chi connectivity index (χ1v) is 6.19. The number of amides is 1. The van der Waals surface area contributed by atoms with Gasteiger partial charge in [-0.2, -0.15) is 0 Å². The second-order valence-corrected chi connectivity index (χ2v) is 5.48. The highest BCUT2D eigenvalue weighted by Gasteiger charge is 2.24. The van der Waals surface area contributed by atoms with E-state index in [-0.39, 0.29) is 0 Å². The Balaban J connectivity index is 2.80. The second-order valence-electron chi connectivity index (χ2n) is 5.48. The lowest BCUT2D eigenvalue weighted by Gasteiger charge is -2.22. The lowest BCUT2D eigenvalue weighted by molar-refractivity contribution is -0.156. The maximum Gasteiger partial charge on any atom is 0.328 e. The van der Waals surface area contributed by atoms with Gasteiger partial charge in [-0.25, -0.2) is 18.0 Å². The van der Waals surface area contributed by atoms with Crippen LogP contribution in [0.2, 0.25) is 0 Å². The fourth-order valence-corrected chi connectivity index (χ4v) is 1.42. The number of carbonyl (C=O) groups is 2. The standard InChI is InChI=1S/C14H16F3NO3/c1-7(13(20)21-14(2,3)4)18-12(19)8-5-9(15)11(17)10(16)6-8/h5-7H,1-4H3,(H,18,19)/t7-/m0/s1. The zero-order valence-corrected chi connectivity index (χ0v) is 12.1. The third kappa shape index (κ3) is 4.77. The third-order valence-corrected chi connectivity index (χ3v) is 2.35. The zero-order valence-electron chi connectivity index (χ0n) is 12.1. The number of carbonyl (C=O) groups excluding carboxylic acids is 2. The van der Waals surface area contributed by atoms with Crippen molar-refractivity contribution < 1.29 is 27.5 Å². The molecule has 0 unspecified atom stereocenters. The van der Waals surface area contributed by atoms with E-state index in [1.165, 1.54) is 6.92 Å². The number of esters is 1. The Hall–Kier alpha value is -2.05. The highest BCUT2D eigenvalue weighted by Crippen LogP contribution is 2.14. The molecule has 116 valence electrons. The van der Waals surface area contributed by atoms with Gasteiger partial charge in [-0.3, -0.25) is 4.79 Å². The molecule has 21 heavy (non-hydrogen) atoms.